The molecule has 0 bridgehead atoms. The van der Waals surface area contributed by atoms with Crippen LogP contribution < -0.4 is 15.0 Å². The molecule has 0 aliphatic rings. The number of benzene rings is 1. The fourth-order valence-corrected chi connectivity index (χ4v) is 3.00. The van der Waals surface area contributed by atoms with E-state index in [1.165, 1.54) is 17.8 Å². The van der Waals surface area contributed by atoms with Gasteiger partial charge in [0.25, 0.3) is 5.56 Å². The summed E-state index contributed by atoms with van der Waals surface area (Å²) < 4.78 is 15.8. The largest absolute Gasteiger partial charge is 0.497 e. The predicted molar refractivity (Wildman–Crippen MR) is 96.6 cm³/mol. The maximum absolute atomic E-state index is 11.6. The van der Waals surface area contributed by atoms with E-state index in [4.69, 9.17) is 14.0 Å². The molecule has 136 valence electrons. The van der Waals surface area contributed by atoms with Crippen LogP contribution >= 0.6 is 11.8 Å². The van der Waals surface area contributed by atoms with Crippen LogP contribution in [0, 0.1) is 0 Å². The second-order valence-electron chi connectivity index (χ2n) is 5.26. The first-order valence-corrected chi connectivity index (χ1v) is 8.89. The van der Waals surface area contributed by atoms with E-state index in [1.807, 2.05) is 13.0 Å². The van der Waals surface area contributed by atoms with Gasteiger partial charge in [0.2, 0.25) is 11.7 Å². The number of methoxy groups -OCH3 is 2. The number of hydrogen-bond donors (Lipinski definition) is 1. The molecule has 1 N–H and O–H groups in total. The van der Waals surface area contributed by atoms with Gasteiger partial charge in [-0.1, -0.05) is 23.8 Å². The molecule has 2 heterocycles. The molecule has 3 aromatic rings. The average Bonchev–Trinajstić information content (AvgIpc) is 3.14. The Morgan fingerprint density at radius 1 is 1.19 bits per heavy atom. The average molecular weight is 374 g/mol. The molecule has 1 aromatic carbocycles. The Morgan fingerprint density at radius 3 is 2.77 bits per heavy atom. The molecular formula is C17H18N4O4S. The summed E-state index contributed by atoms with van der Waals surface area (Å²) in [6.07, 6.45) is 0.694. The zero-order valence-electron chi connectivity index (χ0n) is 14.6. The third-order valence-electron chi connectivity index (χ3n) is 3.59. The van der Waals surface area contributed by atoms with Crippen molar-refractivity contribution in [1.29, 1.82) is 0 Å². The van der Waals surface area contributed by atoms with Crippen molar-refractivity contribution in [2.45, 2.75) is 24.3 Å². The Hall–Kier alpha value is -2.81. The third-order valence-corrected chi connectivity index (χ3v) is 4.44. The lowest BCUT2D eigenvalue weighted by atomic mass is 10.2. The minimum absolute atomic E-state index is 0.173. The van der Waals surface area contributed by atoms with Crippen LogP contribution in [0.4, 0.5) is 0 Å². The second-order valence-corrected chi connectivity index (χ2v) is 6.23. The summed E-state index contributed by atoms with van der Waals surface area (Å²) >= 11 is 1.33. The van der Waals surface area contributed by atoms with Gasteiger partial charge in [-0.3, -0.25) is 4.79 Å². The SMILES string of the molecule is CCc1cc(=O)[nH]c(SCc2nc(-c3ccc(OC)cc3OC)no2)n1. The Balaban J connectivity index is 1.76. The van der Waals surface area contributed by atoms with Crippen LogP contribution in [-0.4, -0.2) is 34.3 Å². The van der Waals surface area contributed by atoms with Crippen molar-refractivity contribution in [3.8, 4) is 22.9 Å². The van der Waals surface area contributed by atoms with E-state index >= 15 is 0 Å². The van der Waals surface area contributed by atoms with Crippen LogP contribution in [0.3, 0.4) is 0 Å². The molecule has 0 spiro atoms. The molecular weight excluding hydrogens is 356 g/mol. The van der Waals surface area contributed by atoms with E-state index < -0.39 is 0 Å². The van der Waals surface area contributed by atoms with Crippen LogP contribution in [0.5, 0.6) is 11.5 Å². The van der Waals surface area contributed by atoms with Gasteiger partial charge in [-0.05, 0) is 18.6 Å². The van der Waals surface area contributed by atoms with Crippen LogP contribution in [0.2, 0.25) is 0 Å². The zero-order chi connectivity index (χ0) is 18.5. The molecule has 9 heteroatoms. The summed E-state index contributed by atoms with van der Waals surface area (Å²) in [6, 6.07) is 6.85. The number of rotatable bonds is 7. The normalized spacial score (nSPS) is 10.7. The van der Waals surface area contributed by atoms with Crippen molar-refractivity contribution >= 4 is 11.8 Å². The molecule has 26 heavy (non-hydrogen) atoms. The number of ether oxygens (including phenoxy) is 2. The highest BCUT2D eigenvalue weighted by molar-refractivity contribution is 7.98. The quantitative estimate of drug-likeness (QED) is 0.497. The number of nitrogens with zero attached hydrogens (tertiary/aromatic N) is 3. The van der Waals surface area contributed by atoms with Gasteiger partial charge in [-0.2, -0.15) is 4.98 Å². The van der Waals surface area contributed by atoms with Crippen molar-refractivity contribution in [3.63, 3.8) is 0 Å². The Kier molecular flexibility index (Phi) is 5.57. The molecule has 0 fully saturated rings. The van der Waals surface area contributed by atoms with Gasteiger partial charge in [-0.15, -0.1) is 0 Å². The Bertz CT molecular complexity index is 954. The Labute approximate surface area is 154 Å². The summed E-state index contributed by atoms with van der Waals surface area (Å²) in [6.45, 7) is 1.95. The van der Waals surface area contributed by atoms with Gasteiger partial charge >= 0.3 is 0 Å². The van der Waals surface area contributed by atoms with E-state index in [-0.39, 0.29) is 5.56 Å². The van der Waals surface area contributed by atoms with Crippen LogP contribution in [0.1, 0.15) is 18.5 Å². The molecule has 0 aliphatic carbocycles. The van der Waals surface area contributed by atoms with Gasteiger partial charge < -0.3 is 19.0 Å². The third kappa shape index (κ3) is 4.05. The molecule has 3 rings (SSSR count). The number of aryl methyl sites for hydroxylation is 1. The van der Waals surface area contributed by atoms with Crippen molar-refractivity contribution in [2.75, 3.05) is 14.2 Å². The van der Waals surface area contributed by atoms with Crippen LogP contribution in [0.25, 0.3) is 11.4 Å². The molecule has 0 atom stereocenters. The number of aromatic nitrogens is 4. The highest BCUT2D eigenvalue weighted by Gasteiger charge is 2.15. The minimum atomic E-state index is -0.173. The van der Waals surface area contributed by atoms with Gasteiger partial charge in [0, 0.05) is 17.8 Å². The lowest BCUT2D eigenvalue weighted by Crippen LogP contribution is -2.09. The van der Waals surface area contributed by atoms with E-state index in [0.717, 1.165) is 5.69 Å². The summed E-state index contributed by atoms with van der Waals surface area (Å²) in [5.41, 5.74) is 1.27. The monoisotopic (exact) mass is 374 g/mol. The summed E-state index contributed by atoms with van der Waals surface area (Å²) in [5, 5.41) is 4.53. The summed E-state index contributed by atoms with van der Waals surface area (Å²) in [4.78, 5) is 23.1. The minimum Gasteiger partial charge on any atom is -0.497 e. The molecule has 0 unspecified atom stereocenters. The first-order chi connectivity index (χ1) is 12.6. The molecule has 8 nitrogen and oxygen atoms in total. The molecule has 0 amide bonds. The van der Waals surface area contributed by atoms with E-state index in [1.54, 1.807) is 26.4 Å². The van der Waals surface area contributed by atoms with Gasteiger partial charge in [-0.25, -0.2) is 4.98 Å². The first kappa shape index (κ1) is 18.0. The molecule has 0 saturated heterocycles. The predicted octanol–water partition coefficient (Wildman–Crippen LogP) is 2.69. The van der Waals surface area contributed by atoms with Crippen molar-refractivity contribution in [1.82, 2.24) is 20.1 Å². The number of nitrogens with one attached hydrogen (secondary N) is 1. The maximum atomic E-state index is 11.6. The topological polar surface area (TPSA) is 103 Å². The van der Waals surface area contributed by atoms with Crippen molar-refractivity contribution in [3.05, 3.63) is 46.2 Å². The number of aromatic amines is 1. The van der Waals surface area contributed by atoms with E-state index in [0.29, 0.717) is 46.1 Å². The first-order valence-electron chi connectivity index (χ1n) is 7.91. The Morgan fingerprint density at radius 2 is 2.04 bits per heavy atom. The molecule has 0 aliphatic heterocycles. The van der Waals surface area contributed by atoms with Crippen molar-refractivity contribution in [2.24, 2.45) is 0 Å². The summed E-state index contributed by atoms with van der Waals surface area (Å²) in [5.74, 6) is 2.50. The van der Waals surface area contributed by atoms with Crippen molar-refractivity contribution < 1.29 is 14.0 Å². The highest BCUT2D eigenvalue weighted by Crippen LogP contribution is 2.32. The molecule has 0 radical (unpaired) electrons. The highest BCUT2D eigenvalue weighted by atomic mass is 32.2. The number of thioether (sulfide) groups is 1. The lowest BCUT2D eigenvalue weighted by Gasteiger charge is -2.07. The smallest absolute Gasteiger partial charge is 0.251 e. The number of hydrogen-bond acceptors (Lipinski definition) is 8. The van der Waals surface area contributed by atoms with Gasteiger partial charge in [0.15, 0.2) is 5.16 Å². The second kappa shape index (κ2) is 8.05. The maximum Gasteiger partial charge on any atom is 0.251 e. The van der Waals surface area contributed by atoms with Gasteiger partial charge in [0.05, 0.1) is 25.5 Å². The van der Waals surface area contributed by atoms with Crippen LogP contribution in [0.15, 0.2) is 38.7 Å². The van der Waals surface area contributed by atoms with Gasteiger partial charge in [0.1, 0.15) is 11.5 Å². The fourth-order valence-electron chi connectivity index (χ4n) is 2.27. The van der Waals surface area contributed by atoms with Crippen LogP contribution in [-0.2, 0) is 12.2 Å². The summed E-state index contributed by atoms with van der Waals surface area (Å²) in [7, 11) is 3.15. The standard InChI is InChI=1S/C17H18N4O4S/c1-4-10-7-14(22)19-17(18-10)26-9-15-20-16(21-25-15)12-6-5-11(23-2)8-13(12)24-3/h5-8H,4,9H2,1-3H3,(H,18,19,22). The van der Waals surface area contributed by atoms with E-state index in [2.05, 4.69) is 20.1 Å². The lowest BCUT2D eigenvalue weighted by molar-refractivity contribution is 0.388. The molecule has 0 saturated carbocycles. The fraction of sp³-hybridized carbons (Fsp3) is 0.294. The number of H-pyrrole nitrogens is 1. The zero-order valence-corrected chi connectivity index (χ0v) is 15.4. The van der Waals surface area contributed by atoms with E-state index in [9.17, 15) is 4.79 Å². The molecule has 2 aromatic heterocycles.